The van der Waals surface area contributed by atoms with E-state index in [0.29, 0.717) is 0 Å². The molecule has 1 aliphatic carbocycles. The predicted molar refractivity (Wildman–Crippen MR) is 204 cm³/mol. The highest BCUT2D eigenvalue weighted by atomic mass is 16.3. The van der Waals surface area contributed by atoms with E-state index in [0.717, 1.165) is 16.9 Å². The summed E-state index contributed by atoms with van der Waals surface area (Å²) in [7, 11) is 0. The molecule has 8 aromatic carbocycles. The lowest BCUT2D eigenvalue weighted by Gasteiger charge is -2.24. The number of furan rings is 1. The van der Waals surface area contributed by atoms with Crippen LogP contribution in [0.5, 0.6) is 0 Å². The minimum Gasteiger partial charge on any atom is -0.459 e. The van der Waals surface area contributed by atoms with Crippen molar-refractivity contribution in [3.63, 3.8) is 0 Å². The van der Waals surface area contributed by atoms with Crippen LogP contribution in [0, 0.1) is 0 Å². The van der Waals surface area contributed by atoms with Crippen LogP contribution in [0.25, 0.3) is 82.4 Å². The molecule has 1 aliphatic rings. The van der Waals surface area contributed by atoms with Crippen LogP contribution >= 0.6 is 0 Å². The average Bonchev–Trinajstić information content (AvgIpc) is 3.54. The van der Waals surface area contributed by atoms with Crippen molar-refractivity contribution in [3.8, 4) is 22.3 Å². The molecule has 1 heteroatoms. The first-order chi connectivity index (χ1) is 23.7. The highest BCUT2D eigenvalue weighted by Crippen LogP contribution is 2.49. The van der Waals surface area contributed by atoms with Gasteiger partial charge in [-0.2, -0.15) is 0 Å². The molecular formula is C47H32O. The van der Waals surface area contributed by atoms with Gasteiger partial charge in [-0.1, -0.05) is 165 Å². The van der Waals surface area contributed by atoms with Crippen LogP contribution in [-0.4, -0.2) is 0 Å². The molecule has 0 N–H and O–H groups in total. The van der Waals surface area contributed by atoms with E-state index in [9.17, 15) is 0 Å². The fourth-order valence-electron chi connectivity index (χ4n) is 8.35. The Hall–Kier alpha value is -5.92. The third-order valence-corrected chi connectivity index (χ3v) is 10.6. The molecule has 0 aliphatic heterocycles. The molecule has 2 unspecified atom stereocenters. The first-order valence-corrected chi connectivity index (χ1v) is 16.9. The smallest absolute Gasteiger partial charge is 0.142 e. The molecule has 10 rings (SSSR count). The quantitative estimate of drug-likeness (QED) is 0.143. The van der Waals surface area contributed by atoms with Crippen LogP contribution < -0.4 is 0 Å². The summed E-state index contributed by atoms with van der Waals surface area (Å²) >= 11 is 0. The summed E-state index contributed by atoms with van der Waals surface area (Å²) in [5, 5.41) is 11.3. The van der Waals surface area contributed by atoms with Crippen LogP contribution in [0.4, 0.5) is 0 Å². The zero-order valence-corrected chi connectivity index (χ0v) is 26.7. The lowest BCUT2D eigenvalue weighted by atomic mass is 9.79. The Labute approximate surface area is 279 Å². The molecule has 9 aromatic rings. The van der Waals surface area contributed by atoms with Crippen LogP contribution in [0.1, 0.15) is 35.6 Å². The largest absolute Gasteiger partial charge is 0.459 e. The molecule has 1 heterocycles. The number of para-hydroxylation sites is 1. The molecule has 0 fully saturated rings. The van der Waals surface area contributed by atoms with Gasteiger partial charge < -0.3 is 4.42 Å². The second kappa shape index (κ2) is 10.6. The van der Waals surface area contributed by atoms with E-state index in [-0.39, 0.29) is 11.8 Å². The minimum absolute atomic E-state index is 0.187. The number of rotatable bonds is 3. The molecule has 0 saturated heterocycles. The third kappa shape index (κ3) is 3.98. The number of allylic oxidation sites excluding steroid dienone is 1. The van der Waals surface area contributed by atoms with Crippen LogP contribution in [0.15, 0.2) is 162 Å². The molecule has 1 nitrogen and oxygen atoms in total. The third-order valence-electron chi connectivity index (χ3n) is 10.6. The van der Waals surface area contributed by atoms with Crippen molar-refractivity contribution >= 4 is 60.1 Å². The molecule has 0 spiro atoms. The number of fused-ring (bicyclic) bond motifs is 8. The van der Waals surface area contributed by atoms with Crippen LogP contribution in [-0.2, 0) is 0 Å². The second-order valence-corrected chi connectivity index (χ2v) is 13.2. The van der Waals surface area contributed by atoms with E-state index in [1.165, 1.54) is 76.3 Å². The van der Waals surface area contributed by atoms with Gasteiger partial charge in [0.15, 0.2) is 0 Å². The summed E-state index contributed by atoms with van der Waals surface area (Å²) in [6, 6.07) is 55.3. The van der Waals surface area contributed by atoms with Gasteiger partial charge in [-0.15, -0.1) is 0 Å². The van der Waals surface area contributed by atoms with E-state index in [1.54, 1.807) is 0 Å². The highest BCUT2D eigenvalue weighted by molar-refractivity contribution is 6.23. The standard InChI is InChI=1S/C47H32O/c1-29-34(33-25-24-31-23-22-30-12-5-6-15-35(30)43(31)28-33)26-27-41-40-20-11-21-42(47(40)48-46(29)41)45-38-18-9-7-16-36(38)44(32-13-3-2-4-14-32)37-17-8-10-19-39(37)45/h2-29,34H,1H3. The monoisotopic (exact) mass is 612 g/mol. The fraction of sp³-hybridized carbons (Fsp3) is 0.0638. The zero-order chi connectivity index (χ0) is 31.8. The van der Waals surface area contributed by atoms with E-state index >= 15 is 0 Å². The van der Waals surface area contributed by atoms with Crippen molar-refractivity contribution in [2.24, 2.45) is 0 Å². The molecule has 2 atom stereocenters. The van der Waals surface area contributed by atoms with Gasteiger partial charge in [-0.05, 0) is 65.8 Å². The lowest BCUT2D eigenvalue weighted by molar-refractivity contribution is 0.481. The molecule has 1 aromatic heterocycles. The molecule has 0 radical (unpaired) electrons. The maximum atomic E-state index is 7.06. The van der Waals surface area contributed by atoms with Gasteiger partial charge >= 0.3 is 0 Å². The van der Waals surface area contributed by atoms with Gasteiger partial charge in [-0.3, -0.25) is 0 Å². The maximum Gasteiger partial charge on any atom is 0.142 e. The van der Waals surface area contributed by atoms with Gasteiger partial charge in [0.05, 0.1) is 0 Å². The first-order valence-electron chi connectivity index (χ1n) is 16.9. The van der Waals surface area contributed by atoms with Gasteiger partial charge in [0, 0.05) is 33.9 Å². The van der Waals surface area contributed by atoms with Crippen molar-refractivity contribution in [3.05, 3.63) is 175 Å². The summed E-state index contributed by atoms with van der Waals surface area (Å²) in [4.78, 5) is 0. The van der Waals surface area contributed by atoms with Crippen molar-refractivity contribution in [2.45, 2.75) is 18.8 Å². The molecule has 0 saturated carbocycles. The molecule has 48 heavy (non-hydrogen) atoms. The summed E-state index contributed by atoms with van der Waals surface area (Å²) in [5.74, 6) is 1.47. The molecule has 0 amide bonds. The maximum absolute atomic E-state index is 7.06. The van der Waals surface area contributed by atoms with Gasteiger partial charge in [0.25, 0.3) is 0 Å². The summed E-state index contributed by atoms with van der Waals surface area (Å²) in [5.41, 5.74) is 8.37. The van der Waals surface area contributed by atoms with Crippen molar-refractivity contribution in [1.29, 1.82) is 0 Å². The zero-order valence-electron chi connectivity index (χ0n) is 26.7. The van der Waals surface area contributed by atoms with E-state index in [4.69, 9.17) is 4.42 Å². The van der Waals surface area contributed by atoms with Gasteiger partial charge in [0.1, 0.15) is 11.3 Å². The molecule has 226 valence electrons. The Morgan fingerprint density at radius 2 is 1.06 bits per heavy atom. The number of hydrogen-bond donors (Lipinski definition) is 0. The summed E-state index contributed by atoms with van der Waals surface area (Å²) < 4.78 is 7.06. The van der Waals surface area contributed by atoms with Crippen molar-refractivity contribution < 1.29 is 4.42 Å². The summed E-state index contributed by atoms with van der Waals surface area (Å²) in [6.45, 7) is 2.32. The number of hydrogen-bond acceptors (Lipinski definition) is 1. The second-order valence-electron chi connectivity index (χ2n) is 13.2. The molecule has 0 bridgehead atoms. The normalized spacial score (nSPS) is 15.9. The van der Waals surface area contributed by atoms with E-state index < -0.39 is 0 Å². The fourth-order valence-corrected chi connectivity index (χ4v) is 8.35. The predicted octanol–water partition coefficient (Wildman–Crippen LogP) is 13.3. The summed E-state index contributed by atoms with van der Waals surface area (Å²) in [6.07, 6.45) is 4.69. The van der Waals surface area contributed by atoms with Crippen LogP contribution in [0.3, 0.4) is 0 Å². The first kappa shape index (κ1) is 27.2. The van der Waals surface area contributed by atoms with Crippen molar-refractivity contribution in [2.75, 3.05) is 0 Å². The van der Waals surface area contributed by atoms with Gasteiger partial charge in [0.2, 0.25) is 0 Å². The van der Waals surface area contributed by atoms with Crippen LogP contribution in [0.2, 0.25) is 0 Å². The van der Waals surface area contributed by atoms with Crippen molar-refractivity contribution in [1.82, 2.24) is 0 Å². The Morgan fingerprint density at radius 3 is 1.79 bits per heavy atom. The minimum atomic E-state index is 0.187. The highest BCUT2D eigenvalue weighted by Gasteiger charge is 2.30. The topological polar surface area (TPSA) is 13.1 Å². The Morgan fingerprint density at radius 1 is 0.479 bits per heavy atom. The lowest BCUT2D eigenvalue weighted by Crippen LogP contribution is -2.09. The Balaban J connectivity index is 1.16. The van der Waals surface area contributed by atoms with Gasteiger partial charge in [-0.25, -0.2) is 0 Å². The molecular weight excluding hydrogens is 581 g/mol. The average molecular weight is 613 g/mol. The Kier molecular flexibility index (Phi) is 5.98. The Bertz CT molecular complexity index is 2690. The van der Waals surface area contributed by atoms with E-state index in [2.05, 4.69) is 171 Å². The number of benzene rings is 8. The van der Waals surface area contributed by atoms with E-state index in [1.807, 2.05) is 0 Å². The SMILES string of the molecule is CC1c2oc3c(-c4c5ccccc5c(-c5ccccc5)c5ccccc45)cccc3c2C=CC1c1ccc2ccc3ccccc3c2c1.